The van der Waals surface area contributed by atoms with Crippen LogP contribution in [0.15, 0.2) is 53.0 Å². The molecule has 0 spiro atoms. The molecule has 0 unspecified atom stereocenters. The van der Waals surface area contributed by atoms with Crippen LogP contribution in [0.2, 0.25) is 0 Å². The minimum absolute atomic E-state index is 0.120. The van der Waals surface area contributed by atoms with Gasteiger partial charge in [0.1, 0.15) is 0 Å². The second kappa shape index (κ2) is 7.32. The van der Waals surface area contributed by atoms with Crippen LogP contribution in [0.1, 0.15) is 18.1 Å². The van der Waals surface area contributed by atoms with Gasteiger partial charge in [-0.15, -0.1) is 0 Å². The molecule has 29 heavy (non-hydrogen) atoms. The van der Waals surface area contributed by atoms with Crippen LogP contribution in [0.5, 0.6) is 11.5 Å². The maximum atomic E-state index is 10.3. The highest BCUT2D eigenvalue weighted by Crippen LogP contribution is 2.41. The molecule has 0 radical (unpaired) electrons. The molecule has 1 aromatic heterocycles. The van der Waals surface area contributed by atoms with E-state index in [0.717, 1.165) is 36.3 Å². The third-order valence-electron chi connectivity index (χ3n) is 5.55. The fraction of sp³-hybridized carbons (Fsp3) is 0.208. The lowest BCUT2D eigenvalue weighted by molar-refractivity contribution is 0.317. The molecule has 4 nitrogen and oxygen atoms in total. The number of benzene rings is 3. The normalized spacial score (nSPS) is 13.6. The summed E-state index contributed by atoms with van der Waals surface area (Å²) in [6.07, 6.45) is 0.965. The maximum absolute atomic E-state index is 10.3. The van der Waals surface area contributed by atoms with Crippen LogP contribution < -0.4 is 10.1 Å². The van der Waals surface area contributed by atoms with Gasteiger partial charge < -0.3 is 15.2 Å². The van der Waals surface area contributed by atoms with E-state index in [2.05, 4.69) is 57.6 Å². The van der Waals surface area contributed by atoms with Crippen LogP contribution in [0.25, 0.3) is 32.9 Å². The first-order valence-corrected chi connectivity index (χ1v) is 10.7. The van der Waals surface area contributed by atoms with Crippen LogP contribution in [0, 0.1) is 0 Å². The number of hydrogen-bond donors (Lipinski definition) is 2. The lowest BCUT2D eigenvalue weighted by atomic mass is 9.90. The van der Waals surface area contributed by atoms with E-state index in [4.69, 9.17) is 9.72 Å². The average Bonchev–Trinajstić information content (AvgIpc) is 2.76. The highest BCUT2D eigenvalue weighted by Gasteiger charge is 2.22. The van der Waals surface area contributed by atoms with Crippen molar-refractivity contribution in [3.8, 4) is 22.8 Å². The molecule has 146 valence electrons. The van der Waals surface area contributed by atoms with Crippen molar-refractivity contribution in [3.63, 3.8) is 0 Å². The van der Waals surface area contributed by atoms with Crippen molar-refractivity contribution < 1.29 is 9.84 Å². The Labute approximate surface area is 177 Å². The zero-order valence-corrected chi connectivity index (χ0v) is 17.7. The van der Waals surface area contributed by atoms with Crippen molar-refractivity contribution in [2.45, 2.75) is 19.9 Å². The summed E-state index contributed by atoms with van der Waals surface area (Å²) in [5.41, 5.74) is 5.47. The van der Waals surface area contributed by atoms with Crippen molar-refractivity contribution in [2.24, 2.45) is 0 Å². The van der Waals surface area contributed by atoms with Gasteiger partial charge >= 0.3 is 0 Å². The third kappa shape index (κ3) is 3.05. The van der Waals surface area contributed by atoms with Crippen molar-refractivity contribution >= 4 is 37.6 Å². The van der Waals surface area contributed by atoms with Gasteiger partial charge in [-0.3, -0.25) is 0 Å². The summed E-state index contributed by atoms with van der Waals surface area (Å²) in [6, 6.07) is 16.6. The highest BCUT2D eigenvalue weighted by atomic mass is 79.9. The number of nitrogens with one attached hydrogen (secondary N) is 1. The Bertz CT molecular complexity index is 1250. The number of fused-ring (bicyclic) bond motifs is 5. The summed E-state index contributed by atoms with van der Waals surface area (Å²) in [6.45, 7) is 4.13. The molecule has 0 amide bonds. The van der Waals surface area contributed by atoms with Crippen molar-refractivity contribution in [1.29, 1.82) is 0 Å². The van der Waals surface area contributed by atoms with Crippen molar-refractivity contribution in [3.05, 3.63) is 64.1 Å². The molecule has 4 aromatic rings. The monoisotopic (exact) mass is 448 g/mol. The maximum Gasteiger partial charge on any atom is 0.172 e. The number of pyridine rings is 1. The van der Waals surface area contributed by atoms with Gasteiger partial charge in [-0.2, -0.15) is 0 Å². The molecule has 5 heteroatoms. The number of phenolic OH excluding ortho intramolecular Hbond substituents is 1. The van der Waals surface area contributed by atoms with Gasteiger partial charge in [-0.05, 0) is 75.9 Å². The molecule has 3 aromatic carbocycles. The summed E-state index contributed by atoms with van der Waals surface area (Å²) < 4.78 is 6.25. The number of aromatic hydroxyl groups is 1. The van der Waals surface area contributed by atoms with Crippen LogP contribution in [0.4, 0.5) is 0 Å². The van der Waals surface area contributed by atoms with E-state index < -0.39 is 0 Å². The van der Waals surface area contributed by atoms with E-state index >= 15 is 0 Å². The van der Waals surface area contributed by atoms with Gasteiger partial charge in [-0.1, -0.05) is 30.3 Å². The topological polar surface area (TPSA) is 54.4 Å². The number of hydrogen-bond acceptors (Lipinski definition) is 4. The molecule has 0 aliphatic carbocycles. The van der Waals surface area contributed by atoms with E-state index in [1.807, 2.05) is 19.1 Å². The minimum atomic E-state index is 0.120. The molecule has 0 bridgehead atoms. The number of halogens is 1. The summed E-state index contributed by atoms with van der Waals surface area (Å²) >= 11 is 3.47. The Morgan fingerprint density at radius 2 is 2.00 bits per heavy atom. The molecule has 2 N–H and O–H groups in total. The summed E-state index contributed by atoms with van der Waals surface area (Å²) in [7, 11) is 0. The molecule has 0 fully saturated rings. The number of phenols is 1. The summed E-state index contributed by atoms with van der Waals surface area (Å²) in [5.74, 6) is 0.587. The van der Waals surface area contributed by atoms with E-state index in [1.165, 1.54) is 27.3 Å². The lowest BCUT2D eigenvalue weighted by Gasteiger charge is -2.23. The predicted octanol–water partition coefficient (Wildman–Crippen LogP) is 5.57. The lowest BCUT2D eigenvalue weighted by Crippen LogP contribution is -2.25. The molecule has 1 aliphatic heterocycles. The molecule has 0 saturated heterocycles. The van der Waals surface area contributed by atoms with Gasteiger partial charge in [0.2, 0.25) is 0 Å². The number of aromatic nitrogens is 1. The zero-order chi connectivity index (χ0) is 20.0. The largest absolute Gasteiger partial charge is 0.503 e. The van der Waals surface area contributed by atoms with Gasteiger partial charge in [0.05, 0.1) is 22.3 Å². The zero-order valence-electron chi connectivity index (χ0n) is 16.1. The Kier molecular flexibility index (Phi) is 4.64. The Hall–Kier alpha value is -2.63. The molecular formula is C24H21BrN2O2. The van der Waals surface area contributed by atoms with E-state index in [-0.39, 0.29) is 5.75 Å². The Balaban J connectivity index is 1.83. The second-order valence-corrected chi connectivity index (χ2v) is 8.12. The quantitative estimate of drug-likeness (QED) is 0.402. The molecule has 1 aliphatic rings. The molecule has 2 heterocycles. The molecular weight excluding hydrogens is 428 g/mol. The molecule has 0 atom stereocenters. The SMILES string of the molecule is CCOc1cc(-c2nc3ccc4ccccc4c3c3c2CNCC3)cc(Br)c1O. The van der Waals surface area contributed by atoms with Gasteiger partial charge in [-0.25, -0.2) is 4.98 Å². The first-order chi connectivity index (χ1) is 14.2. The Morgan fingerprint density at radius 3 is 2.86 bits per heavy atom. The first kappa shape index (κ1) is 18.4. The number of rotatable bonds is 3. The molecule has 0 saturated carbocycles. The van der Waals surface area contributed by atoms with Crippen LogP contribution >= 0.6 is 15.9 Å². The van der Waals surface area contributed by atoms with Crippen molar-refractivity contribution in [2.75, 3.05) is 13.2 Å². The van der Waals surface area contributed by atoms with E-state index in [0.29, 0.717) is 16.8 Å². The van der Waals surface area contributed by atoms with Crippen LogP contribution in [-0.2, 0) is 13.0 Å². The number of ether oxygens (including phenoxy) is 1. The van der Waals surface area contributed by atoms with Gasteiger partial charge in [0.25, 0.3) is 0 Å². The van der Waals surface area contributed by atoms with Gasteiger partial charge in [0, 0.05) is 17.5 Å². The molecule has 5 rings (SSSR count). The first-order valence-electron chi connectivity index (χ1n) is 9.87. The van der Waals surface area contributed by atoms with Crippen molar-refractivity contribution in [1.82, 2.24) is 10.3 Å². The smallest absolute Gasteiger partial charge is 0.172 e. The van der Waals surface area contributed by atoms with Crippen LogP contribution in [-0.4, -0.2) is 23.2 Å². The van der Waals surface area contributed by atoms with Crippen LogP contribution in [0.3, 0.4) is 0 Å². The predicted molar refractivity (Wildman–Crippen MR) is 121 cm³/mol. The summed E-state index contributed by atoms with van der Waals surface area (Å²) in [5, 5.41) is 17.6. The standard InChI is InChI=1S/C24H21BrN2O2/c1-2-29-21-12-15(11-19(25)24(21)28)23-18-13-26-10-9-17(18)22-16-6-4-3-5-14(16)7-8-20(22)27-23/h3-8,11-12,26,28H,2,9-10,13H2,1H3. The Morgan fingerprint density at radius 1 is 1.14 bits per heavy atom. The second-order valence-electron chi connectivity index (χ2n) is 7.26. The number of nitrogens with zero attached hydrogens (tertiary/aromatic N) is 1. The fourth-order valence-corrected chi connectivity index (χ4v) is 4.70. The fourth-order valence-electron chi connectivity index (χ4n) is 4.26. The van der Waals surface area contributed by atoms with E-state index in [1.54, 1.807) is 0 Å². The van der Waals surface area contributed by atoms with E-state index in [9.17, 15) is 5.11 Å². The average molecular weight is 449 g/mol. The third-order valence-corrected chi connectivity index (χ3v) is 6.15. The summed E-state index contributed by atoms with van der Waals surface area (Å²) in [4.78, 5) is 5.08. The van der Waals surface area contributed by atoms with Gasteiger partial charge in [0.15, 0.2) is 11.5 Å². The highest BCUT2D eigenvalue weighted by molar-refractivity contribution is 9.10. The minimum Gasteiger partial charge on any atom is -0.503 e.